The van der Waals surface area contributed by atoms with Crippen molar-refractivity contribution in [3.05, 3.63) is 58.1 Å². The second-order valence-electron chi connectivity index (χ2n) is 10.0. The number of sulfonamides is 1. The normalized spacial score (nSPS) is 14.5. The molecule has 8 nitrogen and oxygen atoms in total. The number of benzene rings is 2. The number of rotatable bonds is 14. The summed E-state index contributed by atoms with van der Waals surface area (Å²) in [6, 6.07) is 11.3. The summed E-state index contributed by atoms with van der Waals surface area (Å²) in [5.41, 5.74) is 1.05. The van der Waals surface area contributed by atoms with Gasteiger partial charge in [-0.3, -0.25) is 13.9 Å². The fraction of sp³-hybridized carbons (Fsp3) is 0.517. The van der Waals surface area contributed by atoms with Gasteiger partial charge in [-0.05, 0) is 69.0 Å². The molecule has 1 aliphatic carbocycles. The van der Waals surface area contributed by atoms with Gasteiger partial charge < -0.3 is 15.0 Å². The lowest BCUT2D eigenvalue weighted by Crippen LogP contribution is -2.51. The molecule has 0 spiro atoms. The van der Waals surface area contributed by atoms with Gasteiger partial charge in [0.15, 0.2) is 0 Å². The van der Waals surface area contributed by atoms with E-state index in [2.05, 4.69) is 5.32 Å². The Bertz CT molecular complexity index is 1230. The van der Waals surface area contributed by atoms with E-state index in [1.165, 1.54) is 9.21 Å². The van der Waals surface area contributed by atoms with Crippen LogP contribution in [-0.2, 0) is 26.2 Å². The lowest BCUT2D eigenvalue weighted by atomic mass is 10.1. The van der Waals surface area contributed by atoms with Crippen LogP contribution >= 0.6 is 23.2 Å². The summed E-state index contributed by atoms with van der Waals surface area (Å²) in [4.78, 5) is 28.5. The van der Waals surface area contributed by atoms with Crippen molar-refractivity contribution in [3.63, 3.8) is 0 Å². The van der Waals surface area contributed by atoms with E-state index >= 15 is 0 Å². The number of anilines is 1. The molecule has 2 aromatic rings. The van der Waals surface area contributed by atoms with E-state index < -0.39 is 16.1 Å². The number of hydrogen-bond acceptors (Lipinski definition) is 5. The van der Waals surface area contributed by atoms with E-state index in [0.717, 1.165) is 31.9 Å². The third kappa shape index (κ3) is 8.75. The summed E-state index contributed by atoms with van der Waals surface area (Å²) in [5.74, 6) is 0.174. The molecule has 0 heterocycles. The molecular weight excluding hydrogens is 573 g/mol. The van der Waals surface area contributed by atoms with E-state index in [4.69, 9.17) is 27.9 Å². The second kappa shape index (κ2) is 14.9. The van der Waals surface area contributed by atoms with Crippen LogP contribution in [0.25, 0.3) is 0 Å². The van der Waals surface area contributed by atoms with Crippen molar-refractivity contribution in [1.29, 1.82) is 0 Å². The van der Waals surface area contributed by atoms with Crippen LogP contribution in [0.4, 0.5) is 5.69 Å². The highest BCUT2D eigenvalue weighted by Gasteiger charge is 2.31. The van der Waals surface area contributed by atoms with Crippen molar-refractivity contribution in [2.45, 2.75) is 77.4 Å². The van der Waals surface area contributed by atoms with Gasteiger partial charge in [-0.1, -0.05) is 49.0 Å². The van der Waals surface area contributed by atoms with Crippen molar-refractivity contribution in [2.75, 3.05) is 23.7 Å². The number of nitrogens with zero attached hydrogens (tertiary/aromatic N) is 2. The minimum absolute atomic E-state index is 0.0400. The van der Waals surface area contributed by atoms with E-state index in [0.29, 0.717) is 40.1 Å². The standard InChI is InChI=1S/C29H39Cl2N3O5S/c1-4-27(29(36)32-21-10-6-7-11-21)33(20-24-25(30)12-8-13-26(24)31)28(35)14-9-19-34(40(3,37)38)22-15-17-23(18-16-22)39-5-2/h8,12-13,15-18,21,27H,4-7,9-11,14,19-20H2,1-3H3,(H,32,36)/t27-/m0/s1. The molecule has 2 aromatic carbocycles. The number of carbonyl (C=O) groups excluding carboxylic acids is 2. The number of nitrogens with one attached hydrogen (secondary N) is 1. The highest BCUT2D eigenvalue weighted by molar-refractivity contribution is 7.92. The van der Waals surface area contributed by atoms with Crippen LogP contribution in [-0.4, -0.2) is 56.6 Å². The maximum Gasteiger partial charge on any atom is 0.243 e. The molecule has 3 rings (SSSR count). The predicted molar refractivity (Wildman–Crippen MR) is 161 cm³/mol. The van der Waals surface area contributed by atoms with Crippen LogP contribution in [0.2, 0.25) is 10.0 Å². The van der Waals surface area contributed by atoms with Crippen molar-refractivity contribution < 1.29 is 22.7 Å². The van der Waals surface area contributed by atoms with Crippen LogP contribution < -0.4 is 14.4 Å². The lowest BCUT2D eigenvalue weighted by Gasteiger charge is -2.32. The fourth-order valence-electron chi connectivity index (χ4n) is 5.02. The summed E-state index contributed by atoms with van der Waals surface area (Å²) < 4.78 is 31.9. The molecule has 1 atom stereocenters. The lowest BCUT2D eigenvalue weighted by molar-refractivity contribution is -0.141. The first kappa shape index (κ1) is 32.0. The smallest absolute Gasteiger partial charge is 0.243 e. The molecule has 2 amide bonds. The van der Waals surface area contributed by atoms with Gasteiger partial charge in [0.25, 0.3) is 0 Å². The first-order valence-electron chi connectivity index (χ1n) is 13.8. The molecule has 1 fully saturated rings. The topological polar surface area (TPSA) is 96.0 Å². The van der Waals surface area contributed by atoms with Crippen LogP contribution in [0.1, 0.15) is 64.4 Å². The van der Waals surface area contributed by atoms with Gasteiger partial charge in [-0.25, -0.2) is 8.42 Å². The van der Waals surface area contributed by atoms with Gasteiger partial charge in [-0.2, -0.15) is 0 Å². The van der Waals surface area contributed by atoms with Crippen molar-refractivity contribution >= 4 is 50.7 Å². The molecule has 11 heteroatoms. The Balaban J connectivity index is 1.78. The molecule has 220 valence electrons. The van der Waals surface area contributed by atoms with Crippen LogP contribution in [0.15, 0.2) is 42.5 Å². The first-order valence-corrected chi connectivity index (χ1v) is 16.4. The Labute approximate surface area is 248 Å². The Morgan fingerprint density at radius 2 is 1.68 bits per heavy atom. The Morgan fingerprint density at radius 1 is 1.05 bits per heavy atom. The zero-order valence-electron chi connectivity index (χ0n) is 23.4. The van der Waals surface area contributed by atoms with Crippen LogP contribution in [0.5, 0.6) is 5.75 Å². The zero-order chi connectivity index (χ0) is 29.3. The number of hydrogen-bond donors (Lipinski definition) is 1. The molecule has 1 N–H and O–H groups in total. The van der Waals surface area contributed by atoms with Crippen molar-refractivity contribution in [1.82, 2.24) is 10.2 Å². The SMILES string of the molecule is CCOc1ccc(N(CCCC(=O)N(Cc2c(Cl)cccc2Cl)[C@@H](CC)C(=O)NC2CCCC2)S(C)(=O)=O)cc1. The quantitative estimate of drug-likeness (QED) is 0.291. The number of amides is 2. The average molecular weight is 613 g/mol. The van der Waals surface area contributed by atoms with Crippen molar-refractivity contribution in [2.24, 2.45) is 0 Å². The molecule has 0 saturated heterocycles. The third-order valence-corrected chi connectivity index (χ3v) is 8.97. The molecule has 0 radical (unpaired) electrons. The van der Waals surface area contributed by atoms with Crippen molar-refractivity contribution in [3.8, 4) is 5.75 Å². The van der Waals surface area contributed by atoms with E-state index in [1.807, 2.05) is 13.8 Å². The Morgan fingerprint density at radius 3 is 2.23 bits per heavy atom. The predicted octanol–water partition coefficient (Wildman–Crippen LogP) is 5.80. The minimum Gasteiger partial charge on any atom is -0.494 e. The Hall–Kier alpha value is -2.49. The molecule has 0 aliphatic heterocycles. The molecular formula is C29H39Cl2N3O5S. The molecule has 40 heavy (non-hydrogen) atoms. The van der Waals surface area contributed by atoms with E-state index in [9.17, 15) is 18.0 Å². The fourth-order valence-corrected chi connectivity index (χ4v) is 6.50. The molecule has 0 bridgehead atoms. The molecule has 0 aromatic heterocycles. The van der Waals surface area contributed by atoms with Crippen LogP contribution in [0.3, 0.4) is 0 Å². The summed E-state index contributed by atoms with van der Waals surface area (Å²) in [7, 11) is -3.60. The summed E-state index contributed by atoms with van der Waals surface area (Å²) in [6.07, 6.45) is 5.85. The van der Waals surface area contributed by atoms with E-state index in [-0.39, 0.29) is 43.8 Å². The maximum atomic E-state index is 13.7. The van der Waals surface area contributed by atoms with Gasteiger partial charge in [0.05, 0.1) is 18.6 Å². The average Bonchev–Trinajstić information content (AvgIpc) is 3.41. The van der Waals surface area contributed by atoms with Gasteiger partial charge in [0.2, 0.25) is 21.8 Å². The summed E-state index contributed by atoms with van der Waals surface area (Å²) >= 11 is 12.9. The monoisotopic (exact) mass is 611 g/mol. The van der Waals surface area contributed by atoms with Gasteiger partial charge >= 0.3 is 0 Å². The highest BCUT2D eigenvalue weighted by Crippen LogP contribution is 2.28. The summed E-state index contributed by atoms with van der Waals surface area (Å²) in [5, 5.41) is 3.94. The molecule has 1 aliphatic rings. The second-order valence-corrected chi connectivity index (χ2v) is 12.7. The highest BCUT2D eigenvalue weighted by atomic mass is 35.5. The number of halogens is 2. The van der Waals surface area contributed by atoms with E-state index in [1.54, 1.807) is 42.5 Å². The zero-order valence-corrected chi connectivity index (χ0v) is 25.7. The maximum absolute atomic E-state index is 13.7. The van der Waals surface area contributed by atoms with Gasteiger partial charge in [0.1, 0.15) is 11.8 Å². The first-order chi connectivity index (χ1) is 19.0. The Kier molecular flexibility index (Phi) is 12.0. The molecule has 1 saturated carbocycles. The van der Waals surface area contributed by atoms with Gasteiger partial charge in [0, 0.05) is 41.2 Å². The van der Waals surface area contributed by atoms with Crippen LogP contribution in [0, 0.1) is 0 Å². The largest absolute Gasteiger partial charge is 0.494 e. The number of carbonyl (C=O) groups is 2. The summed E-state index contributed by atoms with van der Waals surface area (Å²) in [6.45, 7) is 4.42. The van der Waals surface area contributed by atoms with Gasteiger partial charge in [-0.15, -0.1) is 0 Å². The third-order valence-electron chi connectivity index (χ3n) is 7.07. The number of ether oxygens (including phenoxy) is 1. The minimum atomic E-state index is -3.60. The molecule has 0 unspecified atom stereocenters.